The number of hydrogen-bond acceptors (Lipinski definition) is 5. The highest BCUT2D eigenvalue weighted by Crippen LogP contribution is 2.42. The van der Waals surface area contributed by atoms with Crippen molar-refractivity contribution in [3.8, 4) is 28.4 Å². The zero-order valence-corrected chi connectivity index (χ0v) is 21.5. The number of hydrogen-bond donors (Lipinski definition) is 1. The molecule has 4 rings (SSSR count). The Labute approximate surface area is 211 Å². The van der Waals surface area contributed by atoms with Crippen molar-refractivity contribution >= 4 is 28.1 Å². The second kappa shape index (κ2) is 10.6. The van der Waals surface area contributed by atoms with E-state index in [2.05, 4.69) is 5.32 Å². The van der Waals surface area contributed by atoms with E-state index in [1.54, 1.807) is 26.6 Å². The molecule has 0 bridgehead atoms. The van der Waals surface area contributed by atoms with Gasteiger partial charge in [-0.1, -0.05) is 23.8 Å². The average Bonchev–Trinajstić information content (AvgIpc) is 3.30. The number of allylic oxidation sites excluding steroid dienone is 1. The van der Waals surface area contributed by atoms with Crippen LogP contribution in [0, 0.1) is 13.8 Å². The van der Waals surface area contributed by atoms with E-state index >= 15 is 0 Å². The van der Waals surface area contributed by atoms with E-state index in [-0.39, 0.29) is 5.91 Å². The summed E-state index contributed by atoms with van der Waals surface area (Å²) in [6.45, 7) is 8.32. The van der Waals surface area contributed by atoms with Crippen LogP contribution in [0.5, 0.6) is 17.2 Å². The summed E-state index contributed by atoms with van der Waals surface area (Å²) in [5, 5.41) is 3.85. The molecular formula is C30H31NO5. The van der Waals surface area contributed by atoms with Gasteiger partial charge in [0.2, 0.25) is 5.91 Å². The lowest BCUT2D eigenvalue weighted by molar-refractivity contribution is -0.111. The summed E-state index contributed by atoms with van der Waals surface area (Å²) in [6, 6.07) is 15.5. The molecule has 4 aromatic rings. The molecule has 0 aliphatic heterocycles. The minimum atomic E-state index is -0.205. The molecule has 1 N–H and O–H groups in total. The van der Waals surface area contributed by atoms with Gasteiger partial charge >= 0.3 is 0 Å². The molecule has 0 aliphatic rings. The number of rotatable bonds is 8. The van der Waals surface area contributed by atoms with Crippen LogP contribution in [0.15, 0.2) is 65.3 Å². The summed E-state index contributed by atoms with van der Waals surface area (Å²) in [5.74, 6) is 1.79. The lowest BCUT2D eigenvalue weighted by Gasteiger charge is -2.15. The number of nitrogens with one attached hydrogen (secondary N) is 1. The molecule has 0 spiro atoms. The first-order chi connectivity index (χ1) is 17.4. The van der Waals surface area contributed by atoms with Gasteiger partial charge in [0.15, 0.2) is 11.5 Å². The maximum Gasteiger partial charge on any atom is 0.248 e. The third kappa shape index (κ3) is 4.93. The Balaban J connectivity index is 1.79. The maximum atomic E-state index is 12.8. The first-order valence-electron chi connectivity index (χ1n) is 11.8. The van der Waals surface area contributed by atoms with Crippen molar-refractivity contribution in [3.63, 3.8) is 0 Å². The van der Waals surface area contributed by atoms with Crippen LogP contribution < -0.4 is 19.5 Å². The van der Waals surface area contributed by atoms with Gasteiger partial charge in [0.25, 0.3) is 0 Å². The van der Waals surface area contributed by atoms with Gasteiger partial charge in [0.1, 0.15) is 11.3 Å². The van der Waals surface area contributed by atoms with Gasteiger partial charge in [-0.2, -0.15) is 0 Å². The van der Waals surface area contributed by atoms with Crippen LogP contribution in [0.4, 0.5) is 5.69 Å². The van der Waals surface area contributed by atoms with Gasteiger partial charge in [-0.25, -0.2) is 0 Å². The zero-order chi connectivity index (χ0) is 25.8. The van der Waals surface area contributed by atoms with E-state index < -0.39 is 0 Å². The lowest BCUT2D eigenvalue weighted by Crippen LogP contribution is -2.09. The molecule has 0 aliphatic carbocycles. The SMILES string of the molecule is CCOc1c(/C(C)=C/C(=O)Nc2ccc(C)cc2)cc2c(-c3ccc(OC)c(OC)c3)coc2c1C. The number of methoxy groups -OCH3 is 2. The Kier molecular flexibility index (Phi) is 7.34. The zero-order valence-electron chi connectivity index (χ0n) is 21.5. The number of aryl methyl sites for hydroxylation is 2. The van der Waals surface area contributed by atoms with E-state index in [4.69, 9.17) is 18.6 Å². The predicted octanol–water partition coefficient (Wildman–Crippen LogP) is 7.17. The second-order valence-corrected chi connectivity index (χ2v) is 8.59. The number of carbonyl (C=O) groups excluding carboxylic acids is 1. The molecular weight excluding hydrogens is 454 g/mol. The van der Waals surface area contributed by atoms with Crippen molar-refractivity contribution < 1.29 is 23.4 Å². The lowest BCUT2D eigenvalue weighted by atomic mass is 9.96. The highest BCUT2D eigenvalue weighted by atomic mass is 16.5. The Hall–Kier alpha value is -4.19. The van der Waals surface area contributed by atoms with E-state index in [9.17, 15) is 4.79 Å². The summed E-state index contributed by atoms with van der Waals surface area (Å²) < 4.78 is 22.9. The second-order valence-electron chi connectivity index (χ2n) is 8.59. The van der Waals surface area contributed by atoms with Gasteiger partial charge in [-0.05, 0) is 69.2 Å². The Morgan fingerprint density at radius 1 is 1.00 bits per heavy atom. The van der Waals surface area contributed by atoms with E-state index in [0.29, 0.717) is 23.9 Å². The molecule has 3 aromatic carbocycles. The van der Waals surface area contributed by atoms with E-state index in [0.717, 1.165) is 50.0 Å². The number of fused-ring (bicyclic) bond motifs is 1. The molecule has 186 valence electrons. The minimum absolute atomic E-state index is 0.205. The summed E-state index contributed by atoms with van der Waals surface area (Å²) >= 11 is 0. The number of anilines is 1. The number of furan rings is 1. The third-order valence-electron chi connectivity index (χ3n) is 6.12. The van der Waals surface area contributed by atoms with Gasteiger partial charge in [-0.3, -0.25) is 4.79 Å². The molecule has 36 heavy (non-hydrogen) atoms. The van der Waals surface area contributed by atoms with Crippen LogP contribution in [-0.2, 0) is 4.79 Å². The monoisotopic (exact) mass is 485 g/mol. The van der Waals surface area contributed by atoms with Crippen LogP contribution >= 0.6 is 0 Å². The van der Waals surface area contributed by atoms with Gasteiger partial charge in [0.05, 0.1) is 27.1 Å². The van der Waals surface area contributed by atoms with Crippen LogP contribution in [0.1, 0.15) is 30.5 Å². The fraction of sp³-hybridized carbons (Fsp3) is 0.233. The Morgan fingerprint density at radius 2 is 1.72 bits per heavy atom. The fourth-order valence-corrected chi connectivity index (χ4v) is 4.26. The normalized spacial score (nSPS) is 11.4. The Morgan fingerprint density at radius 3 is 2.39 bits per heavy atom. The quantitative estimate of drug-likeness (QED) is 0.268. The van der Waals surface area contributed by atoms with Gasteiger partial charge in [-0.15, -0.1) is 0 Å². The molecule has 0 unspecified atom stereocenters. The first-order valence-corrected chi connectivity index (χ1v) is 11.8. The number of amides is 1. The largest absolute Gasteiger partial charge is 0.493 e. The fourth-order valence-electron chi connectivity index (χ4n) is 4.26. The number of carbonyl (C=O) groups is 1. The van der Waals surface area contributed by atoms with Gasteiger partial charge in [0, 0.05) is 33.8 Å². The smallest absolute Gasteiger partial charge is 0.248 e. The van der Waals surface area contributed by atoms with Crippen molar-refractivity contribution in [1.29, 1.82) is 0 Å². The molecule has 1 aromatic heterocycles. The highest BCUT2D eigenvalue weighted by molar-refractivity contribution is 6.06. The molecule has 0 fully saturated rings. The summed E-state index contributed by atoms with van der Waals surface area (Å²) in [6.07, 6.45) is 3.33. The van der Waals surface area contributed by atoms with E-state index in [1.807, 2.05) is 76.2 Å². The molecule has 1 amide bonds. The van der Waals surface area contributed by atoms with Crippen molar-refractivity contribution in [2.45, 2.75) is 27.7 Å². The summed E-state index contributed by atoms with van der Waals surface area (Å²) in [5.41, 5.74) is 6.96. The third-order valence-corrected chi connectivity index (χ3v) is 6.12. The first kappa shape index (κ1) is 24.9. The van der Waals surface area contributed by atoms with Crippen LogP contribution in [-0.4, -0.2) is 26.7 Å². The topological polar surface area (TPSA) is 69.9 Å². The predicted molar refractivity (Wildman–Crippen MR) is 144 cm³/mol. The highest BCUT2D eigenvalue weighted by Gasteiger charge is 2.20. The standard InChI is InChI=1S/C30H31NO5/c1-7-35-29-20(4)30-24(25(17-36-30)21-10-13-26(33-5)27(15-21)34-6)16-23(29)19(3)14-28(32)31-22-11-8-18(2)9-12-22/h8-17H,7H2,1-6H3,(H,31,32)/b19-14+. The van der Waals surface area contributed by atoms with Crippen molar-refractivity contribution in [3.05, 3.63) is 77.6 Å². The summed E-state index contributed by atoms with van der Waals surface area (Å²) in [4.78, 5) is 12.8. The molecule has 0 atom stereocenters. The minimum Gasteiger partial charge on any atom is -0.493 e. The van der Waals surface area contributed by atoms with Crippen LogP contribution in [0.3, 0.4) is 0 Å². The molecule has 6 heteroatoms. The molecule has 1 heterocycles. The maximum absolute atomic E-state index is 12.8. The Bertz CT molecular complexity index is 1430. The van der Waals surface area contributed by atoms with Crippen molar-refractivity contribution in [2.75, 3.05) is 26.1 Å². The number of ether oxygens (including phenoxy) is 3. The van der Waals surface area contributed by atoms with Crippen molar-refractivity contribution in [2.24, 2.45) is 0 Å². The van der Waals surface area contributed by atoms with Crippen LogP contribution in [0.25, 0.3) is 27.7 Å². The molecule has 0 saturated heterocycles. The molecule has 6 nitrogen and oxygen atoms in total. The van der Waals surface area contributed by atoms with Gasteiger partial charge < -0.3 is 23.9 Å². The van der Waals surface area contributed by atoms with Crippen molar-refractivity contribution in [1.82, 2.24) is 0 Å². The molecule has 0 radical (unpaired) electrons. The molecule has 0 saturated carbocycles. The van der Waals surface area contributed by atoms with E-state index in [1.165, 1.54) is 0 Å². The van der Waals surface area contributed by atoms with Crippen LogP contribution in [0.2, 0.25) is 0 Å². The summed E-state index contributed by atoms with van der Waals surface area (Å²) in [7, 11) is 3.22. The average molecular weight is 486 g/mol. The number of benzene rings is 3.